The molecule has 0 unspecified atom stereocenters. The van der Waals surface area contributed by atoms with Crippen molar-refractivity contribution in [1.82, 2.24) is 15.2 Å². The number of benzene rings is 1. The summed E-state index contributed by atoms with van der Waals surface area (Å²) in [5, 5.41) is 2.90. The van der Waals surface area contributed by atoms with Crippen molar-refractivity contribution >= 4 is 23.1 Å². The third-order valence-corrected chi connectivity index (χ3v) is 4.09. The van der Waals surface area contributed by atoms with Crippen molar-refractivity contribution in [2.24, 2.45) is 0 Å². The van der Waals surface area contributed by atoms with Crippen LogP contribution in [0.3, 0.4) is 0 Å². The predicted molar refractivity (Wildman–Crippen MR) is 91.0 cm³/mol. The molecule has 3 rings (SSSR count). The molecule has 5 nitrogen and oxygen atoms in total. The van der Waals surface area contributed by atoms with Crippen LogP contribution in [-0.2, 0) is 4.79 Å². The summed E-state index contributed by atoms with van der Waals surface area (Å²) in [6.07, 6.45) is 8.04. The van der Waals surface area contributed by atoms with Crippen molar-refractivity contribution < 1.29 is 9.21 Å². The predicted octanol–water partition coefficient (Wildman–Crippen LogP) is 2.83. The average Bonchev–Trinajstić information content (AvgIpc) is 3.01. The molecular weight excluding hydrogens is 290 g/mol. The molecule has 0 bridgehead atoms. The zero-order chi connectivity index (χ0) is 15.9. The standard InChI is InChI=1S/C18H23N3O2/c22-17(19-11-6-14-21-12-4-1-5-13-21)9-10-18-20-15-7-2-3-8-16(15)23-18/h2-3,7-10H,1,4-6,11-14H2,(H,19,22)/b10-9+. The van der Waals surface area contributed by atoms with Crippen LogP contribution in [0, 0.1) is 0 Å². The van der Waals surface area contributed by atoms with Crippen LogP contribution in [0.15, 0.2) is 34.8 Å². The van der Waals surface area contributed by atoms with E-state index in [1.54, 1.807) is 6.08 Å². The van der Waals surface area contributed by atoms with Gasteiger partial charge in [-0.05, 0) is 51.0 Å². The van der Waals surface area contributed by atoms with Crippen LogP contribution in [0.25, 0.3) is 17.2 Å². The van der Waals surface area contributed by atoms with Gasteiger partial charge in [0, 0.05) is 18.7 Å². The van der Waals surface area contributed by atoms with E-state index >= 15 is 0 Å². The van der Waals surface area contributed by atoms with Gasteiger partial charge in [0.1, 0.15) is 5.52 Å². The monoisotopic (exact) mass is 313 g/mol. The normalized spacial score (nSPS) is 16.2. The van der Waals surface area contributed by atoms with Crippen molar-refractivity contribution in [2.45, 2.75) is 25.7 Å². The van der Waals surface area contributed by atoms with Gasteiger partial charge in [0.25, 0.3) is 0 Å². The highest BCUT2D eigenvalue weighted by Gasteiger charge is 2.09. The van der Waals surface area contributed by atoms with E-state index in [0.29, 0.717) is 12.4 Å². The first-order valence-corrected chi connectivity index (χ1v) is 8.35. The Labute approximate surface area is 136 Å². The maximum absolute atomic E-state index is 11.8. The molecule has 0 aliphatic carbocycles. The van der Waals surface area contributed by atoms with Crippen LogP contribution in [0.5, 0.6) is 0 Å². The molecule has 0 spiro atoms. The van der Waals surface area contributed by atoms with Crippen LogP contribution in [0.1, 0.15) is 31.6 Å². The highest BCUT2D eigenvalue weighted by Crippen LogP contribution is 2.15. The number of nitrogens with one attached hydrogen (secondary N) is 1. The first-order valence-electron chi connectivity index (χ1n) is 8.35. The first kappa shape index (κ1) is 15.7. The van der Waals surface area contributed by atoms with Gasteiger partial charge in [-0.1, -0.05) is 18.6 Å². The number of aromatic nitrogens is 1. The molecule has 1 saturated heterocycles. The summed E-state index contributed by atoms with van der Waals surface area (Å²) < 4.78 is 5.54. The van der Waals surface area contributed by atoms with Crippen LogP contribution < -0.4 is 5.32 Å². The number of oxazole rings is 1. The summed E-state index contributed by atoms with van der Waals surface area (Å²) in [4.78, 5) is 18.6. The minimum absolute atomic E-state index is 0.106. The molecular formula is C18H23N3O2. The van der Waals surface area contributed by atoms with Crippen molar-refractivity contribution in [3.05, 3.63) is 36.2 Å². The maximum Gasteiger partial charge on any atom is 0.244 e. The van der Waals surface area contributed by atoms with Crippen molar-refractivity contribution in [2.75, 3.05) is 26.2 Å². The van der Waals surface area contributed by atoms with E-state index < -0.39 is 0 Å². The minimum Gasteiger partial charge on any atom is -0.437 e. The Morgan fingerprint density at radius 2 is 2.09 bits per heavy atom. The lowest BCUT2D eigenvalue weighted by Gasteiger charge is -2.26. The van der Waals surface area contributed by atoms with Crippen LogP contribution in [0.2, 0.25) is 0 Å². The molecule has 1 aliphatic heterocycles. The van der Waals surface area contributed by atoms with Crippen molar-refractivity contribution in [1.29, 1.82) is 0 Å². The molecule has 1 amide bonds. The Bertz CT molecular complexity index is 639. The number of hydrogen-bond acceptors (Lipinski definition) is 4. The van der Waals surface area contributed by atoms with Gasteiger partial charge in [0.2, 0.25) is 11.8 Å². The summed E-state index contributed by atoms with van der Waals surface area (Å²) >= 11 is 0. The second-order valence-electron chi connectivity index (χ2n) is 5.90. The second kappa shape index (κ2) is 7.92. The van der Waals surface area contributed by atoms with Gasteiger partial charge in [-0.2, -0.15) is 0 Å². The molecule has 23 heavy (non-hydrogen) atoms. The van der Waals surface area contributed by atoms with Gasteiger partial charge in [-0.3, -0.25) is 4.79 Å². The van der Waals surface area contributed by atoms with Gasteiger partial charge in [-0.15, -0.1) is 0 Å². The fourth-order valence-electron chi connectivity index (χ4n) is 2.86. The van der Waals surface area contributed by atoms with Crippen LogP contribution >= 0.6 is 0 Å². The Morgan fingerprint density at radius 3 is 2.91 bits per heavy atom. The number of rotatable bonds is 6. The number of piperidine rings is 1. The molecule has 0 atom stereocenters. The Balaban J connectivity index is 1.40. The van der Waals surface area contributed by atoms with Crippen LogP contribution in [-0.4, -0.2) is 42.0 Å². The van der Waals surface area contributed by atoms with E-state index in [1.165, 1.54) is 38.4 Å². The van der Waals surface area contributed by atoms with Crippen molar-refractivity contribution in [3.8, 4) is 0 Å². The lowest BCUT2D eigenvalue weighted by Crippen LogP contribution is -2.33. The number of fused-ring (bicyclic) bond motifs is 1. The highest BCUT2D eigenvalue weighted by molar-refractivity contribution is 5.91. The van der Waals surface area contributed by atoms with Crippen LogP contribution in [0.4, 0.5) is 0 Å². The van der Waals surface area contributed by atoms with E-state index in [2.05, 4.69) is 15.2 Å². The van der Waals surface area contributed by atoms with Gasteiger partial charge >= 0.3 is 0 Å². The molecule has 0 saturated carbocycles. The summed E-state index contributed by atoms with van der Waals surface area (Å²) in [5.74, 6) is 0.348. The van der Waals surface area contributed by atoms with E-state index in [1.807, 2.05) is 24.3 Å². The number of carbonyl (C=O) groups is 1. The Morgan fingerprint density at radius 1 is 1.26 bits per heavy atom. The fourth-order valence-corrected chi connectivity index (χ4v) is 2.86. The largest absolute Gasteiger partial charge is 0.437 e. The topological polar surface area (TPSA) is 58.4 Å². The molecule has 1 aromatic carbocycles. The smallest absolute Gasteiger partial charge is 0.244 e. The Kier molecular flexibility index (Phi) is 5.42. The number of para-hydroxylation sites is 2. The molecule has 122 valence electrons. The van der Waals surface area contributed by atoms with Gasteiger partial charge < -0.3 is 14.6 Å². The average molecular weight is 313 g/mol. The minimum atomic E-state index is -0.106. The lowest BCUT2D eigenvalue weighted by atomic mass is 10.1. The zero-order valence-corrected chi connectivity index (χ0v) is 13.3. The maximum atomic E-state index is 11.8. The third-order valence-electron chi connectivity index (χ3n) is 4.09. The van der Waals surface area contributed by atoms with Crippen molar-refractivity contribution in [3.63, 3.8) is 0 Å². The quantitative estimate of drug-likeness (QED) is 0.658. The molecule has 5 heteroatoms. The SMILES string of the molecule is O=C(/C=C/c1nc2ccccc2o1)NCCCN1CCCCC1. The summed E-state index contributed by atoms with van der Waals surface area (Å²) in [7, 11) is 0. The van der Waals surface area contributed by atoms with Gasteiger partial charge in [0.05, 0.1) is 0 Å². The molecule has 0 radical (unpaired) electrons. The van der Waals surface area contributed by atoms with Gasteiger partial charge in [0.15, 0.2) is 5.58 Å². The molecule has 2 heterocycles. The number of hydrogen-bond donors (Lipinski definition) is 1. The van der Waals surface area contributed by atoms with Gasteiger partial charge in [-0.25, -0.2) is 4.98 Å². The molecule has 1 fully saturated rings. The first-order chi connectivity index (χ1) is 11.3. The summed E-state index contributed by atoms with van der Waals surface area (Å²) in [6, 6.07) is 7.56. The van der Waals surface area contributed by atoms with E-state index in [-0.39, 0.29) is 5.91 Å². The zero-order valence-electron chi connectivity index (χ0n) is 13.3. The van der Waals surface area contributed by atoms with E-state index in [9.17, 15) is 4.79 Å². The van der Waals surface area contributed by atoms with E-state index in [0.717, 1.165) is 24.1 Å². The number of likely N-dealkylation sites (tertiary alicyclic amines) is 1. The van der Waals surface area contributed by atoms with E-state index in [4.69, 9.17) is 4.42 Å². The lowest BCUT2D eigenvalue weighted by molar-refractivity contribution is -0.116. The molecule has 1 aliphatic rings. The third kappa shape index (κ3) is 4.66. The number of nitrogens with zero attached hydrogens (tertiary/aromatic N) is 2. The molecule has 1 aromatic heterocycles. The summed E-state index contributed by atoms with van der Waals surface area (Å²) in [5.41, 5.74) is 1.53. The fraction of sp³-hybridized carbons (Fsp3) is 0.444. The second-order valence-corrected chi connectivity index (χ2v) is 5.90. The Hall–Kier alpha value is -2.14. The number of amides is 1. The highest BCUT2D eigenvalue weighted by atomic mass is 16.3. The summed E-state index contributed by atoms with van der Waals surface area (Å²) in [6.45, 7) is 4.17. The number of carbonyl (C=O) groups excluding carboxylic acids is 1. The molecule has 1 N–H and O–H groups in total. The molecule has 2 aromatic rings.